The lowest BCUT2D eigenvalue weighted by Gasteiger charge is -2.33. The van der Waals surface area contributed by atoms with Crippen molar-refractivity contribution in [2.75, 3.05) is 5.32 Å². The molecule has 1 fully saturated rings. The van der Waals surface area contributed by atoms with Crippen molar-refractivity contribution in [1.29, 1.82) is 0 Å². The number of anilines is 1. The molecule has 1 heterocycles. The molecule has 0 amide bonds. The monoisotopic (exact) mass is 257 g/mol. The summed E-state index contributed by atoms with van der Waals surface area (Å²) in [5.41, 5.74) is 0.880. The first-order valence-corrected chi connectivity index (χ1v) is 6.43. The van der Waals surface area contributed by atoms with Gasteiger partial charge in [0.1, 0.15) is 5.82 Å². The van der Waals surface area contributed by atoms with Gasteiger partial charge >= 0.3 is 0 Å². The van der Waals surface area contributed by atoms with E-state index in [-0.39, 0.29) is 10.6 Å². The highest BCUT2D eigenvalue weighted by Gasteiger charge is 2.25. The van der Waals surface area contributed by atoms with Crippen LogP contribution < -0.4 is 5.32 Å². The van der Waals surface area contributed by atoms with E-state index in [2.05, 4.69) is 17.2 Å². The number of hydrogen-bond acceptors (Lipinski definition) is 4. The van der Waals surface area contributed by atoms with E-state index in [1.54, 1.807) is 12.1 Å². The van der Waals surface area contributed by atoms with Crippen molar-refractivity contribution in [3.05, 3.63) is 40.4 Å². The molecule has 0 saturated heterocycles. The Labute approximate surface area is 110 Å². The lowest BCUT2D eigenvalue weighted by Crippen LogP contribution is -2.34. The summed E-state index contributed by atoms with van der Waals surface area (Å²) in [7, 11) is 0. The molecule has 5 nitrogen and oxygen atoms in total. The smallest absolute Gasteiger partial charge is 0.270 e. The van der Waals surface area contributed by atoms with Gasteiger partial charge in [-0.2, -0.15) is 0 Å². The molecule has 0 unspecified atom stereocenters. The molecule has 3 rings (SSSR count). The fraction of sp³-hybridized carbons (Fsp3) is 0.357. The second-order valence-corrected chi connectivity index (χ2v) is 5.25. The van der Waals surface area contributed by atoms with E-state index in [0.29, 0.717) is 6.04 Å². The molecule has 1 aliphatic carbocycles. The molecule has 19 heavy (non-hydrogen) atoms. The number of hydrogen-bond donors (Lipinski definition) is 1. The number of nitrogens with zero attached hydrogens (tertiary/aromatic N) is 2. The van der Waals surface area contributed by atoms with Crippen LogP contribution >= 0.6 is 0 Å². The van der Waals surface area contributed by atoms with Gasteiger partial charge in [-0.1, -0.05) is 6.92 Å². The second kappa shape index (κ2) is 4.50. The number of aromatic nitrogens is 1. The highest BCUT2D eigenvalue weighted by atomic mass is 16.6. The van der Waals surface area contributed by atoms with Crippen LogP contribution in [-0.4, -0.2) is 15.9 Å². The summed E-state index contributed by atoms with van der Waals surface area (Å²) in [5.74, 6) is 1.64. The molecule has 1 aromatic carbocycles. The lowest BCUT2D eigenvalue weighted by atomic mass is 9.82. The van der Waals surface area contributed by atoms with E-state index in [1.165, 1.54) is 18.9 Å². The third-order valence-corrected chi connectivity index (χ3v) is 3.61. The van der Waals surface area contributed by atoms with Crippen LogP contribution in [0.1, 0.15) is 19.8 Å². The van der Waals surface area contributed by atoms with Crippen LogP contribution in [0.2, 0.25) is 0 Å². The number of fused-ring (bicyclic) bond motifs is 1. The van der Waals surface area contributed by atoms with Gasteiger partial charge in [0.15, 0.2) is 0 Å². The van der Waals surface area contributed by atoms with E-state index in [4.69, 9.17) is 0 Å². The first-order valence-electron chi connectivity index (χ1n) is 6.43. The van der Waals surface area contributed by atoms with Crippen molar-refractivity contribution in [1.82, 2.24) is 4.98 Å². The van der Waals surface area contributed by atoms with E-state index < -0.39 is 0 Å². The topological polar surface area (TPSA) is 68.1 Å². The molecule has 5 heteroatoms. The molecular formula is C14H15N3O2. The zero-order valence-corrected chi connectivity index (χ0v) is 10.7. The highest BCUT2D eigenvalue weighted by molar-refractivity contribution is 5.82. The van der Waals surface area contributed by atoms with Crippen molar-refractivity contribution in [2.24, 2.45) is 5.92 Å². The molecule has 1 aromatic heterocycles. The Balaban J connectivity index is 1.85. The van der Waals surface area contributed by atoms with Crippen molar-refractivity contribution in [3.8, 4) is 0 Å². The summed E-state index contributed by atoms with van der Waals surface area (Å²) in [6, 6.07) is 9.01. The van der Waals surface area contributed by atoms with Gasteiger partial charge in [0.05, 0.1) is 10.4 Å². The van der Waals surface area contributed by atoms with Gasteiger partial charge in [-0.3, -0.25) is 10.1 Å². The maximum absolute atomic E-state index is 10.7. The molecule has 1 aliphatic rings. The zero-order chi connectivity index (χ0) is 13.4. The summed E-state index contributed by atoms with van der Waals surface area (Å²) in [5, 5.41) is 14.9. The third-order valence-electron chi connectivity index (χ3n) is 3.61. The number of nitrogens with one attached hydrogen (secondary N) is 1. The van der Waals surface area contributed by atoms with Gasteiger partial charge < -0.3 is 5.32 Å². The summed E-state index contributed by atoms with van der Waals surface area (Å²) in [6.45, 7) is 2.24. The van der Waals surface area contributed by atoms with Crippen LogP contribution in [0.3, 0.4) is 0 Å². The maximum Gasteiger partial charge on any atom is 0.270 e. The van der Waals surface area contributed by atoms with Crippen LogP contribution in [0.15, 0.2) is 30.3 Å². The zero-order valence-electron chi connectivity index (χ0n) is 10.7. The molecule has 0 aliphatic heterocycles. The van der Waals surface area contributed by atoms with Gasteiger partial charge in [0.25, 0.3) is 5.69 Å². The fourth-order valence-corrected chi connectivity index (χ4v) is 2.54. The van der Waals surface area contributed by atoms with Gasteiger partial charge in [0, 0.05) is 23.6 Å². The minimum atomic E-state index is -0.388. The quantitative estimate of drug-likeness (QED) is 0.676. The molecule has 2 aromatic rings. The molecule has 1 saturated carbocycles. The molecular weight excluding hydrogens is 242 g/mol. The van der Waals surface area contributed by atoms with E-state index in [0.717, 1.165) is 22.6 Å². The normalized spacial score (nSPS) is 21.9. The summed E-state index contributed by atoms with van der Waals surface area (Å²) in [4.78, 5) is 14.8. The van der Waals surface area contributed by atoms with Crippen LogP contribution in [0, 0.1) is 16.0 Å². The molecule has 0 atom stereocenters. The maximum atomic E-state index is 10.7. The van der Waals surface area contributed by atoms with Gasteiger partial charge in [-0.25, -0.2) is 4.98 Å². The minimum absolute atomic E-state index is 0.0998. The summed E-state index contributed by atoms with van der Waals surface area (Å²) >= 11 is 0. The highest BCUT2D eigenvalue weighted by Crippen LogP contribution is 2.29. The van der Waals surface area contributed by atoms with Crippen LogP contribution in [0.4, 0.5) is 11.5 Å². The number of nitro benzene ring substituents is 1. The Kier molecular flexibility index (Phi) is 2.81. The molecule has 0 radical (unpaired) electrons. The molecule has 0 bridgehead atoms. The summed E-state index contributed by atoms with van der Waals surface area (Å²) in [6.07, 6.45) is 2.36. The standard InChI is InChI=1S/C14H15N3O2/c1-9-6-11(7-9)15-14-5-2-10-8-12(17(18)19)3-4-13(10)16-14/h2-5,8-9,11H,6-7H2,1H3,(H,15,16). The van der Waals surface area contributed by atoms with Crippen molar-refractivity contribution >= 4 is 22.4 Å². The number of nitro groups is 1. The van der Waals surface area contributed by atoms with Gasteiger partial charge in [-0.15, -0.1) is 0 Å². The molecule has 98 valence electrons. The number of rotatable bonds is 3. The second-order valence-electron chi connectivity index (χ2n) is 5.25. The minimum Gasteiger partial charge on any atom is -0.367 e. The first-order chi connectivity index (χ1) is 9.11. The lowest BCUT2D eigenvalue weighted by molar-refractivity contribution is -0.384. The Morgan fingerprint density at radius 2 is 2.11 bits per heavy atom. The van der Waals surface area contributed by atoms with E-state index >= 15 is 0 Å². The Hall–Kier alpha value is -2.17. The van der Waals surface area contributed by atoms with Crippen LogP contribution in [-0.2, 0) is 0 Å². The van der Waals surface area contributed by atoms with Crippen molar-refractivity contribution < 1.29 is 4.92 Å². The SMILES string of the molecule is CC1CC(Nc2ccc3cc([N+](=O)[O-])ccc3n2)C1. The third kappa shape index (κ3) is 2.36. The van der Waals surface area contributed by atoms with Gasteiger partial charge in [-0.05, 0) is 37.0 Å². The number of benzene rings is 1. The molecule has 0 spiro atoms. The van der Waals surface area contributed by atoms with Gasteiger partial charge in [0.2, 0.25) is 0 Å². The van der Waals surface area contributed by atoms with E-state index in [9.17, 15) is 10.1 Å². The van der Waals surface area contributed by atoms with Crippen LogP contribution in [0.25, 0.3) is 10.9 Å². The predicted octanol–water partition coefficient (Wildman–Crippen LogP) is 3.35. The fourth-order valence-electron chi connectivity index (χ4n) is 2.54. The average Bonchev–Trinajstić information content (AvgIpc) is 2.36. The van der Waals surface area contributed by atoms with Crippen LogP contribution in [0.5, 0.6) is 0 Å². The average molecular weight is 257 g/mol. The summed E-state index contributed by atoms with van der Waals surface area (Å²) < 4.78 is 0. The predicted molar refractivity (Wildman–Crippen MR) is 74.2 cm³/mol. The first kappa shape index (κ1) is 11.9. The van der Waals surface area contributed by atoms with E-state index in [1.807, 2.05) is 12.1 Å². The number of pyridine rings is 1. The van der Waals surface area contributed by atoms with Crippen molar-refractivity contribution in [3.63, 3.8) is 0 Å². The largest absolute Gasteiger partial charge is 0.367 e. The molecule has 1 N–H and O–H groups in total. The Morgan fingerprint density at radius 1 is 1.32 bits per heavy atom. The Morgan fingerprint density at radius 3 is 2.79 bits per heavy atom. The number of non-ortho nitro benzene ring substituents is 1. The van der Waals surface area contributed by atoms with Crippen molar-refractivity contribution in [2.45, 2.75) is 25.8 Å². The Bertz CT molecular complexity index is 636.